The van der Waals surface area contributed by atoms with Crippen molar-refractivity contribution in [1.29, 1.82) is 5.26 Å². The van der Waals surface area contributed by atoms with E-state index in [9.17, 15) is 9.59 Å². The lowest BCUT2D eigenvalue weighted by Crippen LogP contribution is -2.13. The second-order valence-corrected chi connectivity index (χ2v) is 4.65. The van der Waals surface area contributed by atoms with Crippen LogP contribution in [0.2, 0.25) is 0 Å². The number of hydrogen-bond donors (Lipinski definition) is 2. The van der Waals surface area contributed by atoms with Gasteiger partial charge in [-0.1, -0.05) is 6.07 Å². The molecule has 0 spiro atoms. The number of anilines is 2. The summed E-state index contributed by atoms with van der Waals surface area (Å²) in [5, 5.41) is 13.8. The summed E-state index contributed by atoms with van der Waals surface area (Å²) in [6, 6.07) is 15.2. The van der Waals surface area contributed by atoms with Crippen molar-refractivity contribution in [2.24, 2.45) is 0 Å². The van der Waals surface area contributed by atoms with Gasteiger partial charge in [0.15, 0.2) is 0 Å². The van der Waals surface area contributed by atoms with Crippen LogP contribution in [0.5, 0.6) is 5.75 Å². The number of hydrogen-bond acceptors (Lipinski definition) is 4. The van der Waals surface area contributed by atoms with E-state index in [0.717, 1.165) is 0 Å². The first-order chi connectivity index (χ1) is 11.1. The number of methoxy groups -OCH3 is 1. The van der Waals surface area contributed by atoms with E-state index in [1.54, 1.807) is 61.7 Å². The molecule has 23 heavy (non-hydrogen) atoms. The number of rotatable bonds is 5. The summed E-state index contributed by atoms with van der Waals surface area (Å²) < 4.78 is 5.04. The summed E-state index contributed by atoms with van der Waals surface area (Å²) >= 11 is 0. The third kappa shape index (κ3) is 4.58. The van der Waals surface area contributed by atoms with Crippen LogP contribution in [0.15, 0.2) is 48.5 Å². The van der Waals surface area contributed by atoms with Crippen LogP contribution in [0.4, 0.5) is 11.4 Å². The molecule has 0 heterocycles. The highest BCUT2D eigenvalue weighted by molar-refractivity contribution is 6.04. The number of ether oxygens (including phenoxy) is 1. The molecule has 0 aromatic heterocycles. The van der Waals surface area contributed by atoms with E-state index in [0.29, 0.717) is 22.7 Å². The van der Waals surface area contributed by atoms with Crippen molar-refractivity contribution in [2.75, 3.05) is 17.7 Å². The van der Waals surface area contributed by atoms with Gasteiger partial charge in [-0.2, -0.15) is 5.26 Å². The highest BCUT2D eigenvalue weighted by Crippen LogP contribution is 2.17. The molecule has 2 amide bonds. The molecule has 2 rings (SSSR count). The van der Waals surface area contributed by atoms with Crippen LogP contribution in [0.1, 0.15) is 16.8 Å². The van der Waals surface area contributed by atoms with Gasteiger partial charge in [0.2, 0.25) is 5.91 Å². The third-order valence-corrected chi connectivity index (χ3v) is 3.00. The van der Waals surface area contributed by atoms with Crippen molar-refractivity contribution < 1.29 is 14.3 Å². The maximum Gasteiger partial charge on any atom is 0.255 e. The highest BCUT2D eigenvalue weighted by Gasteiger charge is 2.07. The first kappa shape index (κ1) is 16.0. The van der Waals surface area contributed by atoms with Gasteiger partial charge in [0.05, 0.1) is 13.2 Å². The molecule has 0 atom stereocenters. The van der Waals surface area contributed by atoms with Crippen molar-refractivity contribution in [2.45, 2.75) is 6.42 Å². The van der Waals surface area contributed by atoms with Crippen LogP contribution in [-0.2, 0) is 4.79 Å². The van der Waals surface area contributed by atoms with E-state index in [4.69, 9.17) is 10.00 Å². The quantitative estimate of drug-likeness (QED) is 0.888. The maximum atomic E-state index is 12.2. The third-order valence-electron chi connectivity index (χ3n) is 3.00. The zero-order chi connectivity index (χ0) is 16.7. The van der Waals surface area contributed by atoms with Crippen LogP contribution in [-0.4, -0.2) is 18.9 Å². The molecular formula is C17H15N3O3. The Bertz CT molecular complexity index is 748. The predicted octanol–water partition coefficient (Wildman–Crippen LogP) is 2.80. The second-order valence-electron chi connectivity index (χ2n) is 4.65. The van der Waals surface area contributed by atoms with E-state index in [2.05, 4.69) is 10.6 Å². The average Bonchev–Trinajstić information content (AvgIpc) is 2.55. The molecule has 0 radical (unpaired) electrons. The molecule has 0 aliphatic heterocycles. The summed E-state index contributed by atoms with van der Waals surface area (Å²) in [5.41, 5.74) is 1.54. The standard InChI is InChI=1S/C17H15N3O3/c1-23-15-7-5-12(6-8-15)17(22)20-14-4-2-3-13(11-14)19-16(21)9-10-18/h2-8,11H,9H2,1H3,(H,19,21)(H,20,22). The van der Waals surface area contributed by atoms with Gasteiger partial charge in [0, 0.05) is 16.9 Å². The monoisotopic (exact) mass is 309 g/mol. The van der Waals surface area contributed by atoms with Crippen LogP contribution < -0.4 is 15.4 Å². The zero-order valence-electron chi connectivity index (χ0n) is 12.5. The first-order valence-electron chi connectivity index (χ1n) is 6.84. The van der Waals surface area contributed by atoms with Gasteiger partial charge >= 0.3 is 0 Å². The molecule has 0 bridgehead atoms. The van der Waals surface area contributed by atoms with Gasteiger partial charge in [-0.15, -0.1) is 0 Å². The molecule has 0 aliphatic rings. The minimum Gasteiger partial charge on any atom is -0.497 e. The number of amides is 2. The van der Waals surface area contributed by atoms with Crippen LogP contribution in [0.25, 0.3) is 0 Å². The van der Waals surface area contributed by atoms with Gasteiger partial charge in [0.25, 0.3) is 5.91 Å². The normalized spacial score (nSPS) is 9.57. The summed E-state index contributed by atoms with van der Waals surface area (Å²) in [5.74, 6) is 0.00281. The molecule has 116 valence electrons. The van der Waals surface area contributed by atoms with Crippen molar-refractivity contribution in [3.63, 3.8) is 0 Å². The van der Waals surface area contributed by atoms with Gasteiger partial charge in [-0.25, -0.2) is 0 Å². The first-order valence-corrected chi connectivity index (χ1v) is 6.84. The minimum absolute atomic E-state index is 0.220. The van der Waals surface area contributed by atoms with Crippen LogP contribution in [0.3, 0.4) is 0 Å². The molecule has 2 N–H and O–H groups in total. The van der Waals surface area contributed by atoms with Gasteiger partial charge < -0.3 is 15.4 Å². The molecule has 6 nitrogen and oxygen atoms in total. The molecule has 0 aliphatic carbocycles. The fourth-order valence-electron chi connectivity index (χ4n) is 1.90. The topological polar surface area (TPSA) is 91.2 Å². The van der Waals surface area contributed by atoms with Gasteiger partial charge in [0.1, 0.15) is 12.2 Å². The average molecular weight is 309 g/mol. The number of nitriles is 1. The van der Waals surface area contributed by atoms with Crippen molar-refractivity contribution in [3.05, 3.63) is 54.1 Å². The van der Waals surface area contributed by atoms with Crippen LogP contribution in [0, 0.1) is 11.3 Å². The number of nitrogens with zero attached hydrogens (tertiary/aromatic N) is 1. The number of carbonyl (C=O) groups excluding carboxylic acids is 2. The fourth-order valence-corrected chi connectivity index (χ4v) is 1.90. The lowest BCUT2D eigenvalue weighted by Gasteiger charge is -2.08. The SMILES string of the molecule is COc1ccc(C(=O)Nc2cccc(NC(=O)CC#N)c2)cc1. The lowest BCUT2D eigenvalue weighted by atomic mass is 10.2. The number of benzene rings is 2. The Kier molecular flexibility index (Phi) is 5.31. The van der Waals surface area contributed by atoms with Crippen molar-refractivity contribution in [1.82, 2.24) is 0 Å². The maximum absolute atomic E-state index is 12.2. The second kappa shape index (κ2) is 7.61. The molecule has 2 aromatic carbocycles. The molecule has 2 aromatic rings. The Morgan fingerprint density at radius 1 is 1.09 bits per heavy atom. The van der Waals surface area contributed by atoms with E-state index in [-0.39, 0.29) is 12.3 Å². The zero-order valence-corrected chi connectivity index (χ0v) is 12.5. The predicted molar refractivity (Wildman–Crippen MR) is 86.2 cm³/mol. The number of carbonyl (C=O) groups is 2. The van der Waals surface area contributed by atoms with E-state index in [1.807, 2.05) is 0 Å². The molecule has 0 fully saturated rings. The summed E-state index contributed by atoms with van der Waals surface area (Å²) in [7, 11) is 1.56. The Morgan fingerprint density at radius 3 is 2.35 bits per heavy atom. The Morgan fingerprint density at radius 2 is 1.74 bits per heavy atom. The fraction of sp³-hybridized carbons (Fsp3) is 0.118. The van der Waals surface area contributed by atoms with E-state index < -0.39 is 5.91 Å². The van der Waals surface area contributed by atoms with Gasteiger partial charge in [-0.3, -0.25) is 9.59 Å². The Balaban J connectivity index is 2.05. The minimum atomic E-state index is -0.397. The lowest BCUT2D eigenvalue weighted by molar-refractivity contribution is -0.115. The van der Waals surface area contributed by atoms with E-state index >= 15 is 0 Å². The Labute approximate surface area is 133 Å². The van der Waals surface area contributed by atoms with Crippen molar-refractivity contribution in [3.8, 4) is 11.8 Å². The number of nitrogens with one attached hydrogen (secondary N) is 2. The molecular weight excluding hydrogens is 294 g/mol. The summed E-state index contributed by atoms with van der Waals surface area (Å²) in [6.45, 7) is 0. The highest BCUT2D eigenvalue weighted by atomic mass is 16.5. The molecule has 0 unspecified atom stereocenters. The smallest absolute Gasteiger partial charge is 0.255 e. The van der Waals surface area contributed by atoms with Gasteiger partial charge in [-0.05, 0) is 42.5 Å². The van der Waals surface area contributed by atoms with Crippen LogP contribution >= 0.6 is 0 Å². The van der Waals surface area contributed by atoms with E-state index in [1.165, 1.54) is 0 Å². The molecule has 0 saturated carbocycles. The molecule has 6 heteroatoms. The summed E-state index contributed by atoms with van der Waals surface area (Å²) in [6.07, 6.45) is -0.220. The Hall–Kier alpha value is -3.33. The summed E-state index contributed by atoms with van der Waals surface area (Å²) in [4.78, 5) is 23.6. The largest absolute Gasteiger partial charge is 0.497 e. The van der Waals surface area contributed by atoms with Crippen molar-refractivity contribution >= 4 is 23.2 Å². The molecule has 0 saturated heterocycles.